The zero-order valence-electron chi connectivity index (χ0n) is 17.9. The van der Waals surface area contributed by atoms with Crippen LogP contribution in [0.4, 0.5) is 15.5 Å². The van der Waals surface area contributed by atoms with E-state index in [4.69, 9.17) is 11.6 Å². The number of nitrogens with zero attached hydrogens (tertiary/aromatic N) is 4. The van der Waals surface area contributed by atoms with E-state index in [2.05, 4.69) is 25.6 Å². The highest BCUT2D eigenvalue weighted by Crippen LogP contribution is 2.33. The van der Waals surface area contributed by atoms with Crippen molar-refractivity contribution in [3.63, 3.8) is 0 Å². The van der Waals surface area contributed by atoms with Gasteiger partial charge in [0.25, 0.3) is 0 Å². The summed E-state index contributed by atoms with van der Waals surface area (Å²) < 4.78 is 13.6. The molecule has 0 saturated carbocycles. The molecule has 2 N–H and O–H groups in total. The molecule has 0 radical (unpaired) electrons. The lowest BCUT2D eigenvalue weighted by molar-refractivity contribution is -0.127. The lowest BCUT2D eigenvalue weighted by Gasteiger charge is -2.16. The third kappa shape index (κ3) is 5.34. The molecular weight excluding hydrogens is 451 g/mol. The van der Waals surface area contributed by atoms with E-state index in [0.717, 1.165) is 23.0 Å². The van der Waals surface area contributed by atoms with Crippen molar-refractivity contribution in [1.82, 2.24) is 19.9 Å². The summed E-state index contributed by atoms with van der Waals surface area (Å²) in [4.78, 5) is 28.2. The van der Waals surface area contributed by atoms with Crippen LogP contribution >= 0.6 is 22.9 Å². The minimum absolute atomic E-state index is 0.176. The van der Waals surface area contributed by atoms with E-state index >= 15 is 0 Å². The van der Waals surface area contributed by atoms with Gasteiger partial charge in [0, 0.05) is 43.9 Å². The number of aromatic nitrogens is 3. The van der Waals surface area contributed by atoms with Gasteiger partial charge in [-0.25, -0.2) is 19.3 Å². The summed E-state index contributed by atoms with van der Waals surface area (Å²) in [6.07, 6.45) is 3.27. The number of halogens is 2. The van der Waals surface area contributed by atoms with Crippen molar-refractivity contribution in [3.8, 4) is 21.8 Å². The number of carbonyl (C=O) groups excluding carboxylic acids is 1. The summed E-state index contributed by atoms with van der Waals surface area (Å²) in [5.41, 5.74) is 1.87. The molecule has 0 spiro atoms. The third-order valence-electron chi connectivity index (χ3n) is 4.94. The molecule has 0 atom stereocenters. The van der Waals surface area contributed by atoms with Gasteiger partial charge in [0.05, 0.1) is 21.3 Å². The molecule has 0 bridgehead atoms. The molecule has 1 aliphatic heterocycles. The van der Waals surface area contributed by atoms with Crippen molar-refractivity contribution < 1.29 is 9.18 Å². The average Bonchev–Trinajstić information content (AvgIpc) is 3.36. The SMILES string of the molecule is CC(C)Nc1ncc(-c2cc(-c3ccc(F)cc3Cl)nc(NCCN3CCCC3=O)n2)s1. The van der Waals surface area contributed by atoms with Crippen LogP contribution in [0.3, 0.4) is 0 Å². The van der Waals surface area contributed by atoms with E-state index in [-0.39, 0.29) is 17.0 Å². The molecule has 32 heavy (non-hydrogen) atoms. The molecule has 0 aliphatic carbocycles. The second-order valence-electron chi connectivity index (χ2n) is 7.83. The maximum Gasteiger partial charge on any atom is 0.223 e. The van der Waals surface area contributed by atoms with Crippen LogP contribution in [0.25, 0.3) is 21.8 Å². The second-order valence-corrected chi connectivity index (χ2v) is 9.26. The second kappa shape index (κ2) is 9.79. The van der Waals surface area contributed by atoms with Gasteiger partial charge in [-0.05, 0) is 44.5 Å². The van der Waals surface area contributed by atoms with Crippen molar-refractivity contribution in [1.29, 1.82) is 0 Å². The third-order valence-corrected chi connectivity index (χ3v) is 6.20. The van der Waals surface area contributed by atoms with E-state index in [1.54, 1.807) is 12.3 Å². The van der Waals surface area contributed by atoms with Crippen LogP contribution in [0.5, 0.6) is 0 Å². The fourth-order valence-electron chi connectivity index (χ4n) is 3.44. The van der Waals surface area contributed by atoms with Crippen LogP contribution in [0, 0.1) is 5.82 Å². The average molecular weight is 475 g/mol. The molecule has 10 heteroatoms. The number of hydrogen-bond donors (Lipinski definition) is 2. The van der Waals surface area contributed by atoms with Crippen molar-refractivity contribution in [3.05, 3.63) is 41.3 Å². The number of nitrogens with one attached hydrogen (secondary N) is 2. The molecule has 1 fully saturated rings. The molecule has 3 heterocycles. The maximum absolute atomic E-state index is 13.6. The first kappa shape index (κ1) is 22.4. The van der Waals surface area contributed by atoms with Gasteiger partial charge in [-0.2, -0.15) is 0 Å². The molecule has 2 aromatic heterocycles. The Morgan fingerprint density at radius 1 is 1.25 bits per heavy atom. The van der Waals surface area contributed by atoms with Crippen molar-refractivity contribution in [2.45, 2.75) is 32.7 Å². The maximum atomic E-state index is 13.6. The Kier molecular flexibility index (Phi) is 6.86. The molecule has 4 rings (SSSR count). The van der Waals surface area contributed by atoms with Gasteiger partial charge in [0.15, 0.2) is 5.13 Å². The van der Waals surface area contributed by atoms with Crippen LogP contribution in [0.15, 0.2) is 30.5 Å². The Morgan fingerprint density at radius 3 is 2.78 bits per heavy atom. The van der Waals surface area contributed by atoms with E-state index in [9.17, 15) is 9.18 Å². The number of rotatable bonds is 8. The number of carbonyl (C=O) groups is 1. The van der Waals surface area contributed by atoms with E-state index in [1.807, 2.05) is 24.8 Å². The fraction of sp³-hybridized carbons (Fsp3) is 0.364. The summed E-state index contributed by atoms with van der Waals surface area (Å²) in [6.45, 7) is 5.99. The molecule has 1 amide bonds. The predicted octanol–water partition coefficient (Wildman–Crippen LogP) is 4.91. The molecule has 0 unspecified atom stereocenters. The van der Waals surface area contributed by atoms with Crippen LogP contribution in [0.2, 0.25) is 5.02 Å². The first-order valence-corrected chi connectivity index (χ1v) is 11.7. The van der Waals surface area contributed by atoms with E-state index < -0.39 is 5.82 Å². The Bertz CT molecular complexity index is 1120. The fourth-order valence-corrected chi connectivity index (χ4v) is 4.62. The highest BCUT2D eigenvalue weighted by atomic mass is 35.5. The van der Waals surface area contributed by atoms with Crippen LogP contribution in [0.1, 0.15) is 26.7 Å². The molecule has 7 nitrogen and oxygen atoms in total. The van der Waals surface area contributed by atoms with Gasteiger partial charge in [0.1, 0.15) is 5.82 Å². The van der Waals surface area contributed by atoms with Crippen molar-refractivity contribution in [2.24, 2.45) is 0 Å². The van der Waals surface area contributed by atoms with Gasteiger partial charge < -0.3 is 15.5 Å². The van der Waals surface area contributed by atoms with Crippen molar-refractivity contribution >= 4 is 39.9 Å². The normalized spacial score (nSPS) is 13.8. The van der Waals surface area contributed by atoms with E-state index in [0.29, 0.717) is 42.4 Å². The Balaban J connectivity index is 1.63. The largest absolute Gasteiger partial charge is 0.359 e. The summed E-state index contributed by atoms with van der Waals surface area (Å²) in [5.74, 6) is 0.180. The monoisotopic (exact) mass is 474 g/mol. The molecule has 3 aromatic rings. The summed E-state index contributed by atoms with van der Waals surface area (Å²) in [5, 5.41) is 7.58. The first-order chi connectivity index (χ1) is 15.4. The number of anilines is 2. The Hall–Kier alpha value is -2.78. The summed E-state index contributed by atoms with van der Waals surface area (Å²) in [7, 11) is 0. The number of thiazole rings is 1. The lowest BCUT2D eigenvalue weighted by Crippen LogP contribution is -2.30. The minimum atomic E-state index is -0.409. The minimum Gasteiger partial charge on any atom is -0.359 e. The molecular formula is C22H24ClFN6OS. The predicted molar refractivity (Wildman–Crippen MR) is 127 cm³/mol. The topological polar surface area (TPSA) is 83.0 Å². The molecule has 1 saturated heterocycles. The van der Waals surface area contributed by atoms with Gasteiger partial charge in [-0.3, -0.25) is 4.79 Å². The zero-order chi connectivity index (χ0) is 22.7. The number of amides is 1. The lowest BCUT2D eigenvalue weighted by atomic mass is 10.1. The van der Waals surface area contributed by atoms with Crippen LogP contribution in [-0.2, 0) is 4.79 Å². The van der Waals surface area contributed by atoms with E-state index in [1.165, 1.54) is 23.5 Å². The molecule has 1 aromatic carbocycles. The summed E-state index contributed by atoms with van der Waals surface area (Å²) in [6, 6.07) is 6.31. The first-order valence-electron chi connectivity index (χ1n) is 10.5. The van der Waals surface area contributed by atoms with Gasteiger partial charge in [-0.15, -0.1) is 0 Å². The Labute approximate surface area is 195 Å². The highest BCUT2D eigenvalue weighted by Gasteiger charge is 2.19. The molecule has 168 valence electrons. The standard InChI is InChI=1S/C22H24ClFN6OS/c1-13(2)27-22-26-12-19(32-22)18-11-17(15-6-5-14(24)10-16(15)23)28-21(29-18)25-7-9-30-8-3-4-20(30)31/h5-6,10-13H,3-4,7-9H2,1-2H3,(H,26,27)(H,25,28,29). The van der Waals surface area contributed by atoms with Gasteiger partial charge >= 0.3 is 0 Å². The Morgan fingerprint density at radius 2 is 2.06 bits per heavy atom. The zero-order valence-corrected chi connectivity index (χ0v) is 19.4. The van der Waals surface area contributed by atoms with Gasteiger partial charge in [-0.1, -0.05) is 22.9 Å². The molecule has 1 aliphatic rings. The quantitative estimate of drug-likeness (QED) is 0.482. The number of benzene rings is 1. The smallest absolute Gasteiger partial charge is 0.223 e. The summed E-state index contributed by atoms with van der Waals surface area (Å²) >= 11 is 7.79. The highest BCUT2D eigenvalue weighted by molar-refractivity contribution is 7.18. The van der Waals surface area contributed by atoms with Crippen LogP contribution in [-0.4, -0.2) is 51.4 Å². The van der Waals surface area contributed by atoms with Gasteiger partial charge in [0.2, 0.25) is 11.9 Å². The van der Waals surface area contributed by atoms with Crippen molar-refractivity contribution in [2.75, 3.05) is 30.3 Å². The number of hydrogen-bond acceptors (Lipinski definition) is 7. The van der Waals surface area contributed by atoms with Crippen LogP contribution < -0.4 is 10.6 Å². The number of likely N-dealkylation sites (tertiary alicyclic amines) is 1.